The normalized spacial score (nSPS) is 10.4. The molecule has 0 aliphatic heterocycles. The van der Waals surface area contributed by atoms with Crippen LogP contribution in [0.3, 0.4) is 0 Å². The fourth-order valence-corrected chi connectivity index (χ4v) is 2.07. The molecule has 0 aromatic heterocycles. The first kappa shape index (κ1) is 11.2. The van der Waals surface area contributed by atoms with Crippen LogP contribution in [0.4, 0.5) is 0 Å². The van der Waals surface area contributed by atoms with Crippen molar-refractivity contribution in [1.29, 1.82) is 0 Å². The van der Waals surface area contributed by atoms with Crippen molar-refractivity contribution in [2.45, 2.75) is 19.4 Å². The highest BCUT2D eigenvalue weighted by molar-refractivity contribution is 9.10. The Kier molecular flexibility index (Phi) is 4.99. The molecule has 0 bridgehead atoms. The molecule has 1 N–H and O–H groups in total. The van der Waals surface area contributed by atoms with Gasteiger partial charge in [0.15, 0.2) is 0 Å². The molecule has 0 spiro atoms. The molecule has 0 saturated heterocycles. The van der Waals surface area contributed by atoms with E-state index in [1.165, 1.54) is 5.56 Å². The molecule has 13 heavy (non-hydrogen) atoms. The van der Waals surface area contributed by atoms with Crippen molar-refractivity contribution in [3.05, 3.63) is 33.8 Å². The van der Waals surface area contributed by atoms with Gasteiger partial charge in [0.1, 0.15) is 0 Å². The highest BCUT2D eigenvalue weighted by Gasteiger charge is 2.03. The molecule has 72 valence electrons. The van der Waals surface area contributed by atoms with Gasteiger partial charge in [-0.05, 0) is 24.0 Å². The summed E-state index contributed by atoms with van der Waals surface area (Å²) >= 11 is 6.90. The van der Waals surface area contributed by atoms with Crippen LogP contribution in [0.5, 0.6) is 0 Å². The molecule has 0 unspecified atom stereocenters. The topological polar surface area (TPSA) is 20.2 Å². The van der Waals surface area contributed by atoms with E-state index >= 15 is 0 Å². The average molecular weight is 308 g/mol. The van der Waals surface area contributed by atoms with Crippen molar-refractivity contribution in [3.63, 3.8) is 0 Å². The Labute approximate surface area is 95.4 Å². The first-order chi connectivity index (χ1) is 6.29. The Morgan fingerprint density at radius 1 is 1.23 bits per heavy atom. The van der Waals surface area contributed by atoms with Crippen LogP contribution in [-0.2, 0) is 13.0 Å². The summed E-state index contributed by atoms with van der Waals surface area (Å²) in [5.41, 5.74) is 2.23. The van der Waals surface area contributed by atoms with E-state index in [1.807, 2.05) is 12.1 Å². The summed E-state index contributed by atoms with van der Waals surface area (Å²) < 4.78 is 1.05. The van der Waals surface area contributed by atoms with Gasteiger partial charge in [-0.3, -0.25) is 0 Å². The Morgan fingerprint density at radius 2 is 1.92 bits per heavy atom. The van der Waals surface area contributed by atoms with Crippen molar-refractivity contribution < 1.29 is 5.11 Å². The fraction of sp³-hybridized carbons (Fsp3) is 0.400. The molecule has 1 rings (SSSR count). The minimum absolute atomic E-state index is 0.0999. The van der Waals surface area contributed by atoms with E-state index in [0.29, 0.717) is 0 Å². The lowest BCUT2D eigenvalue weighted by atomic mass is 10.1. The number of halogens is 2. The lowest BCUT2D eigenvalue weighted by Crippen LogP contribution is -1.92. The van der Waals surface area contributed by atoms with E-state index in [9.17, 15) is 0 Å². The van der Waals surface area contributed by atoms with Gasteiger partial charge in [-0.25, -0.2) is 0 Å². The molecule has 0 atom stereocenters. The van der Waals surface area contributed by atoms with E-state index in [1.54, 1.807) is 0 Å². The lowest BCUT2D eigenvalue weighted by Gasteiger charge is -2.06. The molecular weight excluding hydrogens is 296 g/mol. The van der Waals surface area contributed by atoms with Gasteiger partial charge in [0.05, 0.1) is 6.61 Å². The fourth-order valence-electron chi connectivity index (χ4n) is 1.21. The largest absolute Gasteiger partial charge is 0.392 e. The van der Waals surface area contributed by atoms with Crippen molar-refractivity contribution in [3.8, 4) is 0 Å². The molecule has 0 heterocycles. The Balaban J connectivity index is 2.81. The predicted molar refractivity (Wildman–Crippen MR) is 62.2 cm³/mol. The number of aliphatic hydroxyl groups is 1. The highest BCUT2D eigenvalue weighted by Crippen LogP contribution is 2.23. The molecule has 1 aromatic carbocycles. The molecule has 0 amide bonds. The van der Waals surface area contributed by atoms with Crippen LogP contribution < -0.4 is 0 Å². The van der Waals surface area contributed by atoms with Crippen LogP contribution >= 0.6 is 31.9 Å². The minimum Gasteiger partial charge on any atom is -0.392 e. The second-order valence-electron chi connectivity index (χ2n) is 2.84. The summed E-state index contributed by atoms with van der Waals surface area (Å²) in [6.45, 7) is 0.0999. The smallest absolute Gasteiger partial charge is 0.0692 e. The van der Waals surface area contributed by atoms with Crippen LogP contribution in [0.25, 0.3) is 0 Å². The van der Waals surface area contributed by atoms with E-state index in [0.717, 1.165) is 28.2 Å². The molecule has 0 radical (unpaired) electrons. The summed E-state index contributed by atoms with van der Waals surface area (Å²) in [5.74, 6) is 0. The van der Waals surface area contributed by atoms with E-state index in [-0.39, 0.29) is 6.61 Å². The first-order valence-corrected chi connectivity index (χ1v) is 6.14. The quantitative estimate of drug-likeness (QED) is 0.847. The monoisotopic (exact) mass is 306 g/mol. The number of hydrogen-bond donors (Lipinski definition) is 1. The van der Waals surface area contributed by atoms with E-state index < -0.39 is 0 Å². The van der Waals surface area contributed by atoms with Crippen LogP contribution in [0, 0.1) is 0 Å². The minimum atomic E-state index is 0.0999. The van der Waals surface area contributed by atoms with Gasteiger partial charge >= 0.3 is 0 Å². The third-order valence-electron chi connectivity index (χ3n) is 1.91. The second kappa shape index (κ2) is 5.78. The summed E-state index contributed by atoms with van der Waals surface area (Å²) in [4.78, 5) is 0. The van der Waals surface area contributed by atoms with Gasteiger partial charge in [-0.15, -0.1) is 0 Å². The van der Waals surface area contributed by atoms with E-state index in [4.69, 9.17) is 5.11 Å². The van der Waals surface area contributed by atoms with Gasteiger partial charge in [-0.1, -0.05) is 50.1 Å². The Bertz CT molecular complexity index is 274. The molecule has 0 fully saturated rings. The number of aliphatic hydroxyl groups excluding tert-OH is 1. The number of alkyl halides is 1. The maximum absolute atomic E-state index is 9.03. The van der Waals surface area contributed by atoms with Crippen molar-refractivity contribution >= 4 is 31.9 Å². The third kappa shape index (κ3) is 3.08. The third-order valence-corrected chi connectivity index (χ3v) is 3.49. The van der Waals surface area contributed by atoms with Crippen LogP contribution in [0.2, 0.25) is 0 Å². The first-order valence-electron chi connectivity index (χ1n) is 4.22. The van der Waals surface area contributed by atoms with Gasteiger partial charge in [0.25, 0.3) is 0 Å². The molecule has 0 aliphatic rings. The van der Waals surface area contributed by atoms with Crippen LogP contribution in [-0.4, -0.2) is 10.4 Å². The summed E-state index contributed by atoms with van der Waals surface area (Å²) in [6, 6.07) is 6.01. The molecule has 3 heteroatoms. The maximum atomic E-state index is 9.03. The zero-order valence-corrected chi connectivity index (χ0v) is 10.4. The zero-order chi connectivity index (χ0) is 9.68. The van der Waals surface area contributed by atoms with Crippen molar-refractivity contribution in [1.82, 2.24) is 0 Å². The molecular formula is C10H12Br2O. The maximum Gasteiger partial charge on any atom is 0.0692 e. The molecule has 0 aliphatic carbocycles. The Hall–Kier alpha value is 0.140. The van der Waals surface area contributed by atoms with E-state index in [2.05, 4.69) is 37.9 Å². The average Bonchev–Trinajstić information content (AvgIpc) is 2.16. The Morgan fingerprint density at radius 3 is 2.54 bits per heavy atom. The number of aryl methyl sites for hydroxylation is 1. The van der Waals surface area contributed by atoms with Crippen LogP contribution in [0.1, 0.15) is 17.5 Å². The molecule has 1 aromatic rings. The standard InChI is InChI=1S/C10H12Br2O/c11-6-2-5-8-3-1-4-9(7-13)10(8)12/h1,3-4,13H,2,5-7H2. The second-order valence-corrected chi connectivity index (χ2v) is 4.43. The lowest BCUT2D eigenvalue weighted by molar-refractivity contribution is 0.281. The SMILES string of the molecule is OCc1cccc(CCCBr)c1Br. The van der Waals surface area contributed by atoms with Gasteiger partial charge < -0.3 is 5.11 Å². The van der Waals surface area contributed by atoms with Gasteiger partial charge in [0, 0.05) is 9.80 Å². The van der Waals surface area contributed by atoms with Crippen LogP contribution in [0.15, 0.2) is 22.7 Å². The summed E-state index contributed by atoms with van der Waals surface area (Å²) in [5, 5.41) is 10.0. The van der Waals surface area contributed by atoms with Crippen molar-refractivity contribution in [2.24, 2.45) is 0 Å². The number of benzene rings is 1. The van der Waals surface area contributed by atoms with Crippen molar-refractivity contribution in [2.75, 3.05) is 5.33 Å². The molecule has 1 nitrogen and oxygen atoms in total. The molecule has 0 saturated carbocycles. The number of rotatable bonds is 4. The zero-order valence-electron chi connectivity index (χ0n) is 7.26. The number of hydrogen-bond acceptors (Lipinski definition) is 1. The van der Waals surface area contributed by atoms with Gasteiger partial charge in [0.2, 0.25) is 0 Å². The highest BCUT2D eigenvalue weighted by atomic mass is 79.9. The predicted octanol–water partition coefficient (Wildman–Crippen LogP) is 3.27. The summed E-state index contributed by atoms with van der Waals surface area (Å²) in [6.07, 6.45) is 2.16. The summed E-state index contributed by atoms with van der Waals surface area (Å²) in [7, 11) is 0. The van der Waals surface area contributed by atoms with Gasteiger partial charge in [-0.2, -0.15) is 0 Å².